The van der Waals surface area contributed by atoms with Crippen molar-refractivity contribution in [3.05, 3.63) is 112 Å². The number of halogens is 1. The molecule has 0 saturated heterocycles. The number of amides is 3. The fraction of sp³-hybridized carbons (Fsp3) is 0.194. The van der Waals surface area contributed by atoms with Crippen LogP contribution in [0.4, 0.5) is 11.4 Å². The van der Waals surface area contributed by atoms with Gasteiger partial charge in [-0.2, -0.15) is 0 Å². The third-order valence-electron chi connectivity index (χ3n) is 7.06. The third-order valence-corrected chi connectivity index (χ3v) is 8.65. The molecule has 11 heteroatoms. The smallest absolute Gasteiger partial charge is 0.272 e. The van der Waals surface area contributed by atoms with Gasteiger partial charge in [-0.25, -0.2) is 0 Å². The van der Waals surface area contributed by atoms with Crippen molar-refractivity contribution < 1.29 is 28.6 Å². The first-order valence-electron chi connectivity index (χ1n) is 14.7. The lowest BCUT2D eigenvalue weighted by atomic mass is 10.1. The summed E-state index contributed by atoms with van der Waals surface area (Å²) >= 11 is 7.51. The molecule has 4 aromatic rings. The van der Waals surface area contributed by atoms with E-state index >= 15 is 0 Å². The van der Waals surface area contributed by atoms with E-state index in [1.54, 1.807) is 72.8 Å². The number of rotatable bonds is 13. The van der Waals surface area contributed by atoms with Gasteiger partial charge in [-0.15, -0.1) is 11.8 Å². The second-order valence-electron chi connectivity index (χ2n) is 10.3. The first-order valence-corrected chi connectivity index (χ1v) is 15.9. The monoisotopic (exact) mass is 673 g/mol. The summed E-state index contributed by atoms with van der Waals surface area (Å²) in [6, 6.07) is 24.3. The predicted molar refractivity (Wildman–Crippen MR) is 188 cm³/mol. The van der Waals surface area contributed by atoms with Gasteiger partial charge in [-0.3, -0.25) is 14.4 Å². The van der Waals surface area contributed by atoms with Gasteiger partial charge in [0.05, 0.1) is 26.6 Å². The lowest BCUT2D eigenvalue weighted by molar-refractivity contribution is -0.116. The number of anilines is 2. The molecule has 4 aromatic carbocycles. The Morgan fingerprint density at radius 1 is 0.830 bits per heavy atom. The molecule has 3 amide bonds. The summed E-state index contributed by atoms with van der Waals surface area (Å²) in [4.78, 5) is 40.9. The SMILES string of the molecule is CCC(Sc1cccc(NC(=O)/C(=C\c2cc(OC)c(OC)cc2OC)NC(=O)c2ccccc2)c1)C(=O)Nc1cc(Cl)ccc1C. The molecule has 1 atom stereocenters. The second kappa shape index (κ2) is 16.6. The first kappa shape index (κ1) is 34.9. The van der Waals surface area contributed by atoms with Crippen molar-refractivity contribution in [3.63, 3.8) is 0 Å². The zero-order valence-electron chi connectivity index (χ0n) is 26.7. The molecule has 4 rings (SSSR count). The highest BCUT2D eigenvalue weighted by Gasteiger charge is 2.21. The topological polar surface area (TPSA) is 115 Å². The van der Waals surface area contributed by atoms with Crippen molar-refractivity contribution in [3.8, 4) is 17.2 Å². The summed E-state index contributed by atoms with van der Waals surface area (Å²) in [5, 5.41) is 8.72. The fourth-order valence-corrected chi connectivity index (χ4v) is 5.72. The number of nitrogens with one attached hydrogen (secondary N) is 3. The highest BCUT2D eigenvalue weighted by Crippen LogP contribution is 2.36. The van der Waals surface area contributed by atoms with E-state index in [0.717, 1.165) is 10.5 Å². The average molecular weight is 674 g/mol. The van der Waals surface area contributed by atoms with Crippen LogP contribution < -0.4 is 30.2 Å². The van der Waals surface area contributed by atoms with Crippen LogP contribution in [0.25, 0.3) is 6.08 Å². The summed E-state index contributed by atoms with van der Waals surface area (Å²) in [5.41, 5.74) is 2.84. The van der Waals surface area contributed by atoms with E-state index in [1.165, 1.54) is 39.2 Å². The van der Waals surface area contributed by atoms with Crippen molar-refractivity contribution in [1.29, 1.82) is 0 Å². The number of carbonyl (C=O) groups is 3. The molecule has 244 valence electrons. The van der Waals surface area contributed by atoms with E-state index in [-0.39, 0.29) is 11.6 Å². The van der Waals surface area contributed by atoms with E-state index in [1.807, 2.05) is 26.0 Å². The van der Waals surface area contributed by atoms with Crippen molar-refractivity contribution in [1.82, 2.24) is 5.32 Å². The minimum absolute atomic E-state index is 0.0369. The van der Waals surface area contributed by atoms with Crippen LogP contribution in [0.3, 0.4) is 0 Å². The lowest BCUT2D eigenvalue weighted by Gasteiger charge is -2.17. The normalized spacial score (nSPS) is 11.7. The zero-order chi connectivity index (χ0) is 33.9. The van der Waals surface area contributed by atoms with Crippen LogP contribution >= 0.6 is 23.4 Å². The molecule has 47 heavy (non-hydrogen) atoms. The zero-order valence-corrected chi connectivity index (χ0v) is 28.3. The van der Waals surface area contributed by atoms with Crippen LogP contribution in [0.5, 0.6) is 17.2 Å². The highest BCUT2D eigenvalue weighted by molar-refractivity contribution is 8.00. The standard InChI is InChI=1S/C36H36ClN3O6S/c1-6-33(36(43)39-28-19-25(37)16-15-22(28)2)47-27-14-10-13-26(20-27)38-35(42)29(40-34(41)23-11-8-7-9-12-23)17-24-18-31(45-4)32(46-5)21-30(24)44-3/h7-21,33H,6H2,1-5H3,(H,38,42)(H,39,43)(H,40,41)/b29-17+. The number of hydrogen-bond donors (Lipinski definition) is 3. The quantitative estimate of drug-likeness (QED) is 0.0989. The van der Waals surface area contributed by atoms with E-state index < -0.39 is 17.1 Å². The summed E-state index contributed by atoms with van der Waals surface area (Å²) < 4.78 is 16.4. The van der Waals surface area contributed by atoms with Crippen molar-refractivity contribution in [2.45, 2.75) is 30.4 Å². The molecule has 0 spiro atoms. The largest absolute Gasteiger partial charge is 0.496 e. The Bertz CT molecular complexity index is 1780. The molecule has 0 aromatic heterocycles. The van der Waals surface area contributed by atoms with Gasteiger partial charge in [0.1, 0.15) is 11.4 Å². The number of carbonyl (C=O) groups excluding carboxylic acids is 3. The summed E-state index contributed by atoms with van der Waals surface area (Å²) in [6.07, 6.45) is 2.07. The Kier molecular flexibility index (Phi) is 12.3. The molecule has 0 bridgehead atoms. The summed E-state index contributed by atoms with van der Waals surface area (Å²) in [7, 11) is 4.50. The molecule has 1 unspecified atom stereocenters. The average Bonchev–Trinajstić information content (AvgIpc) is 3.08. The number of methoxy groups -OCH3 is 3. The Morgan fingerprint density at radius 2 is 1.53 bits per heavy atom. The summed E-state index contributed by atoms with van der Waals surface area (Å²) in [6.45, 7) is 3.83. The second-order valence-corrected chi connectivity index (χ2v) is 12.0. The Balaban J connectivity index is 1.59. The minimum atomic E-state index is -0.575. The van der Waals surface area contributed by atoms with Crippen molar-refractivity contribution in [2.24, 2.45) is 0 Å². The van der Waals surface area contributed by atoms with Crippen LogP contribution in [-0.4, -0.2) is 44.3 Å². The molecule has 0 heterocycles. The fourth-order valence-electron chi connectivity index (χ4n) is 4.54. The van der Waals surface area contributed by atoms with Gasteiger partial charge in [0.2, 0.25) is 5.91 Å². The number of thioether (sulfide) groups is 1. The molecular formula is C36H36ClN3O6S. The molecule has 0 aliphatic carbocycles. The molecule has 0 radical (unpaired) electrons. The van der Waals surface area contributed by atoms with Gasteiger partial charge in [0.15, 0.2) is 11.5 Å². The molecule has 0 aliphatic heterocycles. The Morgan fingerprint density at radius 3 is 2.21 bits per heavy atom. The molecule has 0 fully saturated rings. The maximum absolute atomic E-state index is 13.7. The van der Waals surface area contributed by atoms with Crippen LogP contribution in [0.1, 0.15) is 34.8 Å². The van der Waals surface area contributed by atoms with Gasteiger partial charge in [0.25, 0.3) is 11.8 Å². The van der Waals surface area contributed by atoms with Gasteiger partial charge >= 0.3 is 0 Å². The van der Waals surface area contributed by atoms with E-state index in [4.69, 9.17) is 25.8 Å². The van der Waals surface area contributed by atoms with E-state index in [0.29, 0.717) is 51.2 Å². The van der Waals surface area contributed by atoms with Crippen LogP contribution in [-0.2, 0) is 9.59 Å². The minimum Gasteiger partial charge on any atom is -0.496 e. The predicted octanol–water partition coefficient (Wildman–Crippen LogP) is 7.59. The van der Waals surface area contributed by atoms with E-state index in [9.17, 15) is 14.4 Å². The Labute approximate surface area is 283 Å². The highest BCUT2D eigenvalue weighted by atomic mass is 35.5. The molecule has 0 saturated carbocycles. The van der Waals surface area contributed by atoms with Gasteiger partial charge in [-0.05, 0) is 73.5 Å². The van der Waals surface area contributed by atoms with Crippen molar-refractivity contribution in [2.75, 3.05) is 32.0 Å². The maximum atomic E-state index is 13.7. The van der Waals surface area contributed by atoms with Gasteiger partial charge < -0.3 is 30.2 Å². The number of benzene rings is 4. The molecule has 3 N–H and O–H groups in total. The lowest BCUT2D eigenvalue weighted by Crippen LogP contribution is -2.30. The molecule has 9 nitrogen and oxygen atoms in total. The molecular weight excluding hydrogens is 638 g/mol. The van der Waals surface area contributed by atoms with E-state index in [2.05, 4.69) is 16.0 Å². The number of ether oxygens (including phenoxy) is 3. The summed E-state index contributed by atoms with van der Waals surface area (Å²) in [5.74, 6) is 0.0551. The van der Waals surface area contributed by atoms with Crippen LogP contribution in [0, 0.1) is 6.92 Å². The van der Waals surface area contributed by atoms with Crippen LogP contribution in [0.15, 0.2) is 95.5 Å². The van der Waals surface area contributed by atoms with Gasteiger partial charge in [-0.1, -0.05) is 48.9 Å². The van der Waals surface area contributed by atoms with Crippen molar-refractivity contribution >= 4 is 58.5 Å². The Hall–Kier alpha value is -4.93. The molecule has 0 aliphatic rings. The maximum Gasteiger partial charge on any atom is 0.272 e. The first-order chi connectivity index (χ1) is 22.6. The third kappa shape index (κ3) is 9.31. The number of aryl methyl sites for hydroxylation is 1. The van der Waals surface area contributed by atoms with Gasteiger partial charge in [0, 0.05) is 38.5 Å². The number of hydrogen-bond acceptors (Lipinski definition) is 7. The van der Waals surface area contributed by atoms with Crippen LogP contribution in [0.2, 0.25) is 5.02 Å².